The second kappa shape index (κ2) is 5.51. The fourth-order valence-corrected chi connectivity index (χ4v) is 4.66. The van der Waals surface area contributed by atoms with Crippen molar-refractivity contribution in [2.75, 3.05) is 34.6 Å². The van der Waals surface area contributed by atoms with Gasteiger partial charge < -0.3 is 33.9 Å². The predicted molar refractivity (Wildman–Crippen MR) is 96.9 cm³/mol. The minimum atomic E-state index is -0.950. The van der Waals surface area contributed by atoms with Gasteiger partial charge in [0.25, 0.3) is 0 Å². The van der Waals surface area contributed by atoms with Crippen LogP contribution in [0.4, 0.5) is 0 Å². The van der Waals surface area contributed by atoms with Crippen LogP contribution in [-0.4, -0.2) is 44.4 Å². The van der Waals surface area contributed by atoms with Crippen LogP contribution >= 0.6 is 0 Å². The van der Waals surface area contributed by atoms with Gasteiger partial charge in [-0.25, -0.2) is 0 Å². The van der Waals surface area contributed by atoms with Gasteiger partial charge >= 0.3 is 0 Å². The maximum absolute atomic E-state index is 13.3. The first-order valence-corrected chi connectivity index (χ1v) is 8.92. The minimum Gasteiger partial charge on any atom is -0.632 e. The zero-order valence-corrected chi connectivity index (χ0v) is 15.4. The van der Waals surface area contributed by atoms with E-state index in [1.807, 2.05) is 12.1 Å². The fraction of sp³-hybridized carbons (Fsp3) is 0.400. The molecule has 3 aliphatic rings. The van der Waals surface area contributed by atoms with Gasteiger partial charge in [-0.15, -0.1) is 0 Å². The first-order valence-electron chi connectivity index (χ1n) is 8.92. The molecule has 2 aromatic rings. The van der Waals surface area contributed by atoms with Gasteiger partial charge in [-0.2, -0.15) is 0 Å². The molecule has 142 valence electrons. The SMILES string of the molecule is COc1cc2c(cc1OC)[C@H](O)[C@@H]1c3c(cc4c(c3-2)OCO4)CC[N@+]1(C)[O-]. The van der Waals surface area contributed by atoms with Crippen LogP contribution in [0.3, 0.4) is 0 Å². The maximum atomic E-state index is 13.3. The molecular weight excluding hydrogens is 350 g/mol. The van der Waals surface area contributed by atoms with Crippen LogP contribution in [-0.2, 0) is 6.42 Å². The molecule has 0 spiro atoms. The lowest BCUT2D eigenvalue weighted by atomic mass is 9.74. The molecule has 0 unspecified atom stereocenters. The molecule has 1 aliphatic carbocycles. The summed E-state index contributed by atoms with van der Waals surface area (Å²) in [6, 6.07) is 4.93. The molecule has 0 saturated heterocycles. The Morgan fingerprint density at radius 2 is 1.89 bits per heavy atom. The number of hydrogen-bond acceptors (Lipinski definition) is 6. The number of aliphatic hydroxyl groups excluding tert-OH is 1. The number of ether oxygens (including phenoxy) is 4. The Morgan fingerprint density at radius 1 is 1.15 bits per heavy atom. The van der Waals surface area contributed by atoms with Crippen molar-refractivity contribution in [3.05, 3.63) is 40.1 Å². The van der Waals surface area contributed by atoms with Crippen LogP contribution < -0.4 is 18.9 Å². The standard InChI is InChI=1S/C20H21NO6/c1-21(23)5-4-10-6-15-20(27-9-26-15)17-11-7-13(24-2)14(25-3)8-12(11)19(22)18(21)16(10)17/h6-8,18-19,22H,4-5,9H2,1-3H3/t18-,19-,21-/m0/s1. The Hall–Kier alpha value is -2.48. The van der Waals surface area contributed by atoms with E-state index in [0.717, 1.165) is 22.3 Å². The summed E-state index contributed by atoms with van der Waals surface area (Å²) in [5, 5.41) is 24.5. The van der Waals surface area contributed by atoms with Gasteiger partial charge in [-0.3, -0.25) is 0 Å². The maximum Gasteiger partial charge on any atom is 0.231 e. The average Bonchev–Trinajstić information content (AvgIpc) is 3.12. The molecule has 0 radical (unpaired) electrons. The smallest absolute Gasteiger partial charge is 0.231 e. The number of likely N-dealkylation sites (N-methyl/N-ethyl adjacent to an activating group) is 1. The number of methoxy groups -OCH3 is 2. The molecule has 27 heavy (non-hydrogen) atoms. The second-order valence-corrected chi connectivity index (χ2v) is 7.39. The summed E-state index contributed by atoms with van der Waals surface area (Å²) in [5.74, 6) is 2.38. The largest absolute Gasteiger partial charge is 0.632 e. The first kappa shape index (κ1) is 16.7. The van der Waals surface area contributed by atoms with Crippen molar-refractivity contribution < 1.29 is 28.7 Å². The third kappa shape index (κ3) is 2.13. The third-order valence-corrected chi connectivity index (χ3v) is 5.94. The van der Waals surface area contributed by atoms with Crippen molar-refractivity contribution in [3.8, 4) is 34.1 Å². The molecule has 7 heteroatoms. The highest BCUT2D eigenvalue weighted by Crippen LogP contribution is 2.59. The van der Waals surface area contributed by atoms with E-state index in [2.05, 4.69) is 0 Å². The number of benzene rings is 2. The van der Waals surface area contributed by atoms with Crippen LogP contribution in [0.2, 0.25) is 0 Å². The van der Waals surface area contributed by atoms with Gasteiger partial charge in [0, 0.05) is 17.5 Å². The van der Waals surface area contributed by atoms with Crippen molar-refractivity contribution >= 4 is 0 Å². The van der Waals surface area contributed by atoms with Gasteiger partial charge in [0.05, 0.1) is 27.8 Å². The van der Waals surface area contributed by atoms with E-state index in [9.17, 15) is 10.3 Å². The number of aliphatic hydroxyl groups is 1. The number of quaternary nitrogens is 1. The van der Waals surface area contributed by atoms with Gasteiger partial charge in [0.2, 0.25) is 6.79 Å². The highest BCUT2D eigenvalue weighted by molar-refractivity contribution is 5.85. The zero-order chi connectivity index (χ0) is 18.9. The van der Waals surface area contributed by atoms with Gasteiger partial charge in [0.1, 0.15) is 12.1 Å². The van der Waals surface area contributed by atoms with Crippen molar-refractivity contribution in [1.29, 1.82) is 0 Å². The zero-order valence-electron chi connectivity index (χ0n) is 15.4. The molecule has 2 aliphatic heterocycles. The van der Waals surface area contributed by atoms with Crippen molar-refractivity contribution in [2.45, 2.75) is 18.6 Å². The van der Waals surface area contributed by atoms with Gasteiger partial charge in [-0.05, 0) is 34.9 Å². The van der Waals surface area contributed by atoms with E-state index in [1.165, 1.54) is 0 Å². The normalized spacial score (nSPS) is 27.0. The molecule has 7 nitrogen and oxygen atoms in total. The Morgan fingerprint density at radius 3 is 2.63 bits per heavy atom. The molecule has 0 amide bonds. The van der Waals surface area contributed by atoms with Crippen LogP contribution in [0.25, 0.3) is 11.1 Å². The van der Waals surface area contributed by atoms with E-state index < -0.39 is 16.8 Å². The monoisotopic (exact) mass is 371 g/mol. The molecule has 0 bridgehead atoms. The van der Waals surface area contributed by atoms with Crippen LogP contribution in [0, 0.1) is 5.21 Å². The molecule has 5 rings (SSSR count). The summed E-state index contributed by atoms with van der Waals surface area (Å²) < 4.78 is 21.8. The molecule has 2 heterocycles. The van der Waals surface area contributed by atoms with Crippen LogP contribution in [0.1, 0.15) is 28.8 Å². The lowest BCUT2D eigenvalue weighted by Crippen LogP contribution is -2.49. The highest BCUT2D eigenvalue weighted by Gasteiger charge is 2.47. The Labute approximate surface area is 156 Å². The van der Waals surface area contributed by atoms with E-state index in [0.29, 0.717) is 41.5 Å². The van der Waals surface area contributed by atoms with Gasteiger partial charge in [-0.1, -0.05) is 0 Å². The van der Waals surface area contributed by atoms with E-state index >= 15 is 0 Å². The van der Waals surface area contributed by atoms with Crippen molar-refractivity contribution in [2.24, 2.45) is 0 Å². The Bertz CT molecular complexity index is 954. The third-order valence-electron chi connectivity index (χ3n) is 5.94. The fourth-order valence-electron chi connectivity index (χ4n) is 4.66. The molecule has 0 saturated carbocycles. The summed E-state index contributed by atoms with van der Waals surface area (Å²) in [5.41, 5.74) is 4.14. The van der Waals surface area contributed by atoms with Crippen LogP contribution in [0.15, 0.2) is 18.2 Å². The Balaban J connectivity index is 1.88. The lowest BCUT2D eigenvalue weighted by molar-refractivity contribution is -0.899. The number of hydrogen-bond donors (Lipinski definition) is 1. The molecule has 0 aromatic heterocycles. The molecule has 0 fully saturated rings. The average molecular weight is 371 g/mol. The number of fused-ring (bicyclic) bond motifs is 4. The molecule has 2 aromatic carbocycles. The van der Waals surface area contributed by atoms with E-state index in [1.54, 1.807) is 27.3 Å². The summed E-state index contributed by atoms with van der Waals surface area (Å²) in [7, 11) is 4.74. The number of nitrogens with zero attached hydrogens (tertiary/aromatic N) is 1. The summed E-state index contributed by atoms with van der Waals surface area (Å²) in [4.78, 5) is 0. The quantitative estimate of drug-likeness (QED) is 0.646. The summed E-state index contributed by atoms with van der Waals surface area (Å²) in [6.07, 6.45) is -0.320. The minimum absolute atomic E-state index is 0.143. The molecular formula is C20H21NO6. The lowest BCUT2D eigenvalue weighted by Gasteiger charge is -2.52. The van der Waals surface area contributed by atoms with Crippen LogP contribution in [0.5, 0.6) is 23.0 Å². The first-order chi connectivity index (χ1) is 13.0. The van der Waals surface area contributed by atoms with Crippen molar-refractivity contribution in [1.82, 2.24) is 0 Å². The predicted octanol–water partition coefficient (Wildman–Crippen LogP) is 2.69. The molecule has 1 N–H and O–H groups in total. The van der Waals surface area contributed by atoms with E-state index in [-0.39, 0.29) is 6.79 Å². The highest BCUT2D eigenvalue weighted by atomic mass is 16.7. The molecule has 3 atom stereocenters. The summed E-state index contributed by atoms with van der Waals surface area (Å²) >= 11 is 0. The van der Waals surface area contributed by atoms with Gasteiger partial charge in [0.15, 0.2) is 23.0 Å². The number of rotatable bonds is 2. The summed E-state index contributed by atoms with van der Waals surface area (Å²) in [6.45, 7) is 0.543. The topological polar surface area (TPSA) is 80.2 Å². The number of hydroxylamine groups is 3. The van der Waals surface area contributed by atoms with E-state index in [4.69, 9.17) is 18.9 Å². The van der Waals surface area contributed by atoms with Crippen molar-refractivity contribution in [3.63, 3.8) is 0 Å². The Kier molecular flexibility index (Phi) is 3.40. The second-order valence-electron chi connectivity index (χ2n) is 7.39.